The number of aryl methyl sites for hydroxylation is 1. The Morgan fingerprint density at radius 2 is 1.77 bits per heavy atom. The van der Waals surface area contributed by atoms with Gasteiger partial charge in [0, 0.05) is 26.1 Å². The number of nitrogens with zero attached hydrogens (tertiary/aromatic N) is 1. The number of carbonyl (C=O) groups excluding carboxylic acids is 1. The number of amides is 1. The molecule has 0 bridgehead atoms. The van der Waals surface area contributed by atoms with Gasteiger partial charge < -0.3 is 24.3 Å². The molecule has 0 spiro atoms. The summed E-state index contributed by atoms with van der Waals surface area (Å²) in [6.07, 6.45) is 2.00. The molecular weight excluding hydrogens is 336 g/mol. The van der Waals surface area contributed by atoms with Gasteiger partial charge in [0.05, 0.1) is 34.5 Å². The first-order valence-corrected chi connectivity index (χ1v) is 9.03. The van der Waals surface area contributed by atoms with Crippen LogP contribution in [-0.4, -0.2) is 71.5 Å². The van der Waals surface area contributed by atoms with E-state index in [9.17, 15) is 4.79 Å². The summed E-state index contributed by atoms with van der Waals surface area (Å²) in [5.41, 5.74) is 0.975. The molecule has 1 aliphatic heterocycles. The van der Waals surface area contributed by atoms with E-state index in [-0.39, 0.29) is 5.91 Å². The van der Waals surface area contributed by atoms with Crippen LogP contribution in [0.2, 0.25) is 0 Å². The molecule has 7 nitrogen and oxygen atoms in total. The van der Waals surface area contributed by atoms with E-state index >= 15 is 0 Å². The highest BCUT2D eigenvalue weighted by Crippen LogP contribution is 2.38. The molecule has 2 rings (SSSR count). The van der Waals surface area contributed by atoms with Crippen LogP contribution in [0.4, 0.5) is 0 Å². The van der Waals surface area contributed by atoms with Crippen molar-refractivity contribution in [3.8, 4) is 17.2 Å². The van der Waals surface area contributed by atoms with Gasteiger partial charge in [-0.1, -0.05) is 0 Å². The van der Waals surface area contributed by atoms with Crippen molar-refractivity contribution in [1.29, 1.82) is 0 Å². The third-order valence-corrected chi connectivity index (χ3v) is 4.44. The van der Waals surface area contributed by atoms with Gasteiger partial charge in [0.25, 0.3) is 0 Å². The van der Waals surface area contributed by atoms with Gasteiger partial charge in [-0.15, -0.1) is 0 Å². The highest BCUT2D eigenvalue weighted by Gasteiger charge is 2.14. The molecule has 1 N–H and O–H groups in total. The molecule has 26 heavy (non-hydrogen) atoms. The molecule has 0 aliphatic carbocycles. The van der Waals surface area contributed by atoms with Crippen LogP contribution in [0.25, 0.3) is 0 Å². The molecule has 1 aromatic rings. The first-order chi connectivity index (χ1) is 12.7. The van der Waals surface area contributed by atoms with Gasteiger partial charge in [0.2, 0.25) is 11.7 Å². The summed E-state index contributed by atoms with van der Waals surface area (Å²) in [4.78, 5) is 14.4. The Kier molecular flexibility index (Phi) is 8.50. The van der Waals surface area contributed by atoms with Crippen LogP contribution in [0.3, 0.4) is 0 Å². The topological polar surface area (TPSA) is 69.3 Å². The first kappa shape index (κ1) is 20.3. The quantitative estimate of drug-likeness (QED) is 0.633. The molecule has 1 heterocycles. The number of nitrogens with one attached hydrogen (secondary N) is 1. The number of benzene rings is 1. The molecule has 146 valence electrons. The zero-order valence-electron chi connectivity index (χ0n) is 16.0. The lowest BCUT2D eigenvalue weighted by Crippen LogP contribution is -2.38. The van der Waals surface area contributed by atoms with Crippen molar-refractivity contribution < 1.29 is 23.7 Å². The van der Waals surface area contributed by atoms with Crippen molar-refractivity contribution in [1.82, 2.24) is 10.2 Å². The summed E-state index contributed by atoms with van der Waals surface area (Å²) >= 11 is 0. The Balaban J connectivity index is 1.74. The largest absolute Gasteiger partial charge is 0.493 e. The fourth-order valence-corrected chi connectivity index (χ4v) is 2.98. The van der Waals surface area contributed by atoms with E-state index in [4.69, 9.17) is 18.9 Å². The zero-order valence-corrected chi connectivity index (χ0v) is 16.0. The van der Waals surface area contributed by atoms with Crippen molar-refractivity contribution in [3.05, 3.63) is 17.7 Å². The van der Waals surface area contributed by atoms with E-state index in [0.29, 0.717) is 36.6 Å². The number of hydrogen-bond donors (Lipinski definition) is 1. The SMILES string of the molecule is COc1cc(CCC(=O)NCCCN2CCOCC2)cc(OC)c1OC. The predicted octanol–water partition coefficient (Wildman–Crippen LogP) is 1.48. The first-order valence-electron chi connectivity index (χ1n) is 9.03. The normalized spacial score (nSPS) is 14.7. The van der Waals surface area contributed by atoms with E-state index in [1.807, 2.05) is 12.1 Å². The number of hydrogen-bond acceptors (Lipinski definition) is 6. The molecule has 1 amide bonds. The molecule has 1 saturated heterocycles. The van der Waals surface area contributed by atoms with Crippen LogP contribution in [0.15, 0.2) is 12.1 Å². The Bertz CT molecular complexity index is 548. The summed E-state index contributed by atoms with van der Waals surface area (Å²) in [5.74, 6) is 1.83. The van der Waals surface area contributed by atoms with Crippen LogP contribution in [0.1, 0.15) is 18.4 Å². The highest BCUT2D eigenvalue weighted by molar-refractivity contribution is 5.76. The van der Waals surface area contributed by atoms with Gasteiger partial charge >= 0.3 is 0 Å². The van der Waals surface area contributed by atoms with E-state index < -0.39 is 0 Å². The average molecular weight is 366 g/mol. The van der Waals surface area contributed by atoms with E-state index in [0.717, 1.165) is 44.8 Å². The van der Waals surface area contributed by atoms with Crippen molar-refractivity contribution in [2.75, 3.05) is 60.7 Å². The molecular formula is C19H30N2O5. The summed E-state index contributed by atoms with van der Waals surface area (Å²) in [6, 6.07) is 3.76. The van der Waals surface area contributed by atoms with Crippen LogP contribution < -0.4 is 19.5 Å². The van der Waals surface area contributed by atoms with Crippen molar-refractivity contribution in [3.63, 3.8) is 0 Å². The minimum Gasteiger partial charge on any atom is -0.493 e. The van der Waals surface area contributed by atoms with Crippen LogP contribution in [0, 0.1) is 0 Å². The number of morpholine rings is 1. The number of ether oxygens (including phenoxy) is 4. The second-order valence-electron chi connectivity index (χ2n) is 6.19. The Hall–Kier alpha value is -1.99. The van der Waals surface area contributed by atoms with Gasteiger partial charge in [0.1, 0.15) is 0 Å². The summed E-state index contributed by atoms with van der Waals surface area (Å²) in [6.45, 7) is 5.27. The van der Waals surface area contributed by atoms with E-state index in [1.54, 1.807) is 21.3 Å². The van der Waals surface area contributed by atoms with Gasteiger partial charge in [-0.25, -0.2) is 0 Å². The van der Waals surface area contributed by atoms with Crippen molar-refractivity contribution in [2.24, 2.45) is 0 Å². The summed E-state index contributed by atoms with van der Waals surface area (Å²) in [5, 5.41) is 2.99. The minimum atomic E-state index is 0.0562. The molecule has 0 unspecified atom stereocenters. The molecule has 7 heteroatoms. The Morgan fingerprint density at radius 3 is 2.35 bits per heavy atom. The smallest absolute Gasteiger partial charge is 0.220 e. The summed E-state index contributed by atoms with van der Waals surface area (Å²) in [7, 11) is 4.74. The zero-order chi connectivity index (χ0) is 18.8. The third-order valence-electron chi connectivity index (χ3n) is 4.44. The average Bonchev–Trinajstić information content (AvgIpc) is 2.69. The second-order valence-corrected chi connectivity index (χ2v) is 6.19. The predicted molar refractivity (Wildman–Crippen MR) is 99.3 cm³/mol. The maximum atomic E-state index is 12.1. The van der Waals surface area contributed by atoms with E-state index in [2.05, 4.69) is 10.2 Å². The van der Waals surface area contributed by atoms with Gasteiger partial charge in [-0.2, -0.15) is 0 Å². The molecule has 0 aromatic heterocycles. The Labute approximate surface area is 155 Å². The van der Waals surface area contributed by atoms with E-state index in [1.165, 1.54) is 0 Å². The molecule has 0 saturated carbocycles. The molecule has 1 fully saturated rings. The molecule has 1 aromatic carbocycles. The monoisotopic (exact) mass is 366 g/mol. The van der Waals surface area contributed by atoms with Gasteiger partial charge in [0.15, 0.2) is 11.5 Å². The number of rotatable bonds is 10. The molecule has 0 atom stereocenters. The van der Waals surface area contributed by atoms with Crippen molar-refractivity contribution >= 4 is 5.91 Å². The fraction of sp³-hybridized carbons (Fsp3) is 0.632. The Morgan fingerprint density at radius 1 is 1.12 bits per heavy atom. The number of carbonyl (C=O) groups is 1. The molecule has 0 radical (unpaired) electrons. The second kappa shape index (κ2) is 10.9. The lowest BCUT2D eigenvalue weighted by molar-refractivity contribution is -0.121. The van der Waals surface area contributed by atoms with Gasteiger partial charge in [-0.05, 0) is 37.1 Å². The molecule has 1 aliphatic rings. The maximum absolute atomic E-state index is 12.1. The maximum Gasteiger partial charge on any atom is 0.220 e. The lowest BCUT2D eigenvalue weighted by Gasteiger charge is -2.26. The lowest BCUT2D eigenvalue weighted by atomic mass is 10.1. The van der Waals surface area contributed by atoms with Crippen LogP contribution >= 0.6 is 0 Å². The highest BCUT2D eigenvalue weighted by atomic mass is 16.5. The van der Waals surface area contributed by atoms with Crippen LogP contribution in [0.5, 0.6) is 17.2 Å². The van der Waals surface area contributed by atoms with Gasteiger partial charge in [-0.3, -0.25) is 9.69 Å². The fourth-order valence-electron chi connectivity index (χ4n) is 2.98. The number of methoxy groups -OCH3 is 3. The standard InChI is InChI=1S/C19H30N2O5/c1-23-16-13-15(14-17(24-2)19(16)25-3)5-6-18(22)20-7-4-8-21-9-11-26-12-10-21/h13-14H,4-12H2,1-3H3,(H,20,22). The minimum absolute atomic E-state index is 0.0562. The van der Waals surface area contributed by atoms with Crippen LogP contribution in [-0.2, 0) is 16.0 Å². The third kappa shape index (κ3) is 6.07. The van der Waals surface area contributed by atoms with Crippen molar-refractivity contribution in [2.45, 2.75) is 19.3 Å². The summed E-state index contributed by atoms with van der Waals surface area (Å²) < 4.78 is 21.3.